The molecule has 1 amide bonds. The molecule has 4 rings (SSSR count). The number of nitriles is 1. The van der Waals surface area contributed by atoms with Crippen LogP contribution in [0.2, 0.25) is 0 Å². The molecule has 1 aromatic heterocycles. The number of thioether (sulfide) groups is 1. The fraction of sp³-hybridized carbons (Fsp3) is 0.115. The predicted octanol–water partition coefficient (Wildman–Crippen LogP) is 6.20. The predicted molar refractivity (Wildman–Crippen MR) is 127 cm³/mol. The molecule has 3 aromatic carbocycles. The van der Waals surface area contributed by atoms with Gasteiger partial charge in [0.2, 0.25) is 5.91 Å². The Kier molecular flexibility index (Phi) is 6.30. The summed E-state index contributed by atoms with van der Waals surface area (Å²) >= 11 is 1.43. The van der Waals surface area contributed by atoms with E-state index in [-0.39, 0.29) is 5.91 Å². The summed E-state index contributed by atoms with van der Waals surface area (Å²) in [5, 5.41) is 15.2. The number of hydrogen-bond acceptors (Lipinski definition) is 4. The van der Waals surface area contributed by atoms with Crippen molar-refractivity contribution in [1.82, 2.24) is 4.98 Å². The van der Waals surface area contributed by atoms with Crippen LogP contribution in [-0.4, -0.2) is 16.6 Å². The molecule has 5 heteroatoms. The van der Waals surface area contributed by atoms with Gasteiger partial charge in [0.25, 0.3) is 0 Å². The second kappa shape index (κ2) is 9.46. The molecule has 0 aliphatic carbocycles. The number of amides is 1. The molecule has 4 nitrogen and oxygen atoms in total. The SMILES string of the molecule is Cc1ccc(-c2ccc(C#N)c(SCCC(=O)Nc3cccc4ccccc34)n2)cc1. The monoisotopic (exact) mass is 423 g/mol. The van der Waals surface area contributed by atoms with Gasteiger partial charge in [0.1, 0.15) is 11.1 Å². The third kappa shape index (κ3) is 4.93. The van der Waals surface area contributed by atoms with Gasteiger partial charge in [-0.05, 0) is 30.5 Å². The molecule has 0 saturated heterocycles. The number of aryl methyl sites for hydroxylation is 1. The van der Waals surface area contributed by atoms with Crippen molar-refractivity contribution in [2.45, 2.75) is 18.4 Å². The average Bonchev–Trinajstić information content (AvgIpc) is 2.80. The Balaban J connectivity index is 1.43. The normalized spacial score (nSPS) is 10.6. The van der Waals surface area contributed by atoms with Crippen LogP contribution in [0.25, 0.3) is 22.0 Å². The first-order valence-corrected chi connectivity index (χ1v) is 11.0. The van der Waals surface area contributed by atoms with Crippen molar-refractivity contribution in [3.8, 4) is 17.3 Å². The topological polar surface area (TPSA) is 65.8 Å². The number of rotatable bonds is 6. The van der Waals surface area contributed by atoms with Gasteiger partial charge in [-0.2, -0.15) is 5.26 Å². The number of aromatic nitrogens is 1. The maximum Gasteiger partial charge on any atom is 0.225 e. The van der Waals surface area contributed by atoms with Crippen LogP contribution >= 0.6 is 11.8 Å². The van der Waals surface area contributed by atoms with E-state index in [2.05, 4.69) is 16.4 Å². The van der Waals surface area contributed by atoms with Crippen molar-refractivity contribution < 1.29 is 4.79 Å². The number of fused-ring (bicyclic) bond motifs is 1. The number of pyridine rings is 1. The first kappa shape index (κ1) is 20.6. The minimum absolute atomic E-state index is 0.0583. The van der Waals surface area contributed by atoms with Gasteiger partial charge < -0.3 is 5.32 Å². The highest BCUT2D eigenvalue weighted by Gasteiger charge is 2.10. The third-order valence-electron chi connectivity index (χ3n) is 4.96. The third-order valence-corrected chi connectivity index (χ3v) is 5.95. The molecule has 0 bridgehead atoms. The molecule has 1 heterocycles. The standard InChI is InChI=1S/C26H21N3OS/c1-18-9-11-20(12-10-18)23-14-13-21(17-27)26(29-23)31-16-15-25(30)28-24-8-4-6-19-5-2-3-7-22(19)24/h2-14H,15-16H2,1H3,(H,28,30). The number of carbonyl (C=O) groups excluding carboxylic acids is 1. The molecule has 0 fully saturated rings. The van der Waals surface area contributed by atoms with Crippen molar-refractivity contribution in [1.29, 1.82) is 5.26 Å². The Morgan fingerprint density at radius 3 is 2.58 bits per heavy atom. The molecule has 0 radical (unpaired) electrons. The van der Waals surface area contributed by atoms with E-state index < -0.39 is 0 Å². The summed E-state index contributed by atoms with van der Waals surface area (Å²) in [6.07, 6.45) is 0.329. The first-order valence-electron chi connectivity index (χ1n) is 10.0. The lowest BCUT2D eigenvalue weighted by atomic mass is 10.1. The van der Waals surface area contributed by atoms with Crippen LogP contribution in [0.3, 0.4) is 0 Å². The molecular formula is C26H21N3OS. The number of nitrogens with zero attached hydrogens (tertiary/aromatic N) is 2. The van der Waals surface area contributed by atoms with Crippen LogP contribution in [-0.2, 0) is 4.79 Å². The molecule has 0 unspecified atom stereocenters. The lowest BCUT2D eigenvalue weighted by Gasteiger charge is -2.09. The Labute approximate surface area is 185 Å². The molecule has 0 atom stereocenters. The zero-order valence-corrected chi connectivity index (χ0v) is 17.9. The highest BCUT2D eigenvalue weighted by atomic mass is 32.2. The largest absolute Gasteiger partial charge is 0.325 e. The minimum Gasteiger partial charge on any atom is -0.325 e. The van der Waals surface area contributed by atoms with Crippen molar-refractivity contribution in [2.75, 3.05) is 11.1 Å². The van der Waals surface area contributed by atoms with Crippen LogP contribution in [0.15, 0.2) is 83.9 Å². The van der Waals surface area contributed by atoms with E-state index in [4.69, 9.17) is 0 Å². The second-order valence-corrected chi connectivity index (χ2v) is 8.28. The van der Waals surface area contributed by atoms with Crippen molar-refractivity contribution >= 4 is 34.1 Å². The van der Waals surface area contributed by atoms with Gasteiger partial charge in [0.05, 0.1) is 11.3 Å². The molecule has 0 aliphatic rings. The smallest absolute Gasteiger partial charge is 0.225 e. The van der Waals surface area contributed by atoms with Gasteiger partial charge in [-0.25, -0.2) is 4.98 Å². The Morgan fingerprint density at radius 1 is 1.00 bits per heavy atom. The number of hydrogen-bond donors (Lipinski definition) is 1. The van der Waals surface area contributed by atoms with Gasteiger partial charge in [0.15, 0.2) is 0 Å². The quantitative estimate of drug-likeness (QED) is 0.375. The van der Waals surface area contributed by atoms with Crippen molar-refractivity contribution in [2.24, 2.45) is 0 Å². The molecular weight excluding hydrogens is 402 g/mol. The van der Waals surface area contributed by atoms with E-state index in [1.54, 1.807) is 6.07 Å². The van der Waals surface area contributed by atoms with Crippen LogP contribution in [0.4, 0.5) is 5.69 Å². The van der Waals surface area contributed by atoms with E-state index >= 15 is 0 Å². The Morgan fingerprint density at radius 2 is 1.77 bits per heavy atom. The average molecular weight is 424 g/mol. The second-order valence-electron chi connectivity index (χ2n) is 7.20. The van der Waals surface area contributed by atoms with E-state index in [0.717, 1.165) is 27.7 Å². The summed E-state index contributed by atoms with van der Waals surface area (Å²) in [6.45, 7) is 2.04. The maximum absolute atomic E-state index is 12.5. The summed E-state index contributed by atoms with van der Waals surface area (Å²) in [4.78, 5) is 17.2. The highest BCUT2D eigenvalue weighted by molar-refractivity contribution is 7.99. The summed E-state index contributed by atoms with van der Waals surface area (Å²) in [5.41, 5.74) is 4.34. The number of benzene rings is 3. The molecule has 0 aliphatic heterocycles. The number of anilines is 1. The van der Waals surface area contributed by atoms with E-state index in [9.17, 15) is 10.1 Å². The van der Waals surface area contributed by atoms with Gasteiger partial charge in [-0.3, -0.25) is 4.79 Å². The zero-order valence-electron chi connectivity index (χ0n) is 17.1. The van der Waals surface area contributed by atoms with Crippen LogP contribution in [0, 0.1) is 18.3 Å². The maximum atomic E-state index is 12.5. The van der Waals surface area contributed by atoms with Gasteiger partial charge in [-0.15, -0.1) is 11.8 Å². The Bertz CT molecular complexity index is 1270. The van der Waals surface area contributed by atoms with Crippen molar-refractivity contribution in [3.05, 3.63) is 90.0 Å². The fourth-order valence-corrected chi connectivity index (χ4v) is 4.22. The summed E-state index contributed by atoms with van der Waals surface area (Å²) < 4.78 is 0. The fourth-order valence-electron chi connectivity index (χ4n) is 3.31. The lowest BCUT2D eigenvalue weighted by molar-refractivity contribution is -0.115. The molecule has 1 N–H and O–H groups in total. The molecule has 31 heavy (non-hydrogen) atoms. The van der Waals surface area contributed by atoms with E-state index in [1.165, 1.54) is 17.3 Å². The van der Waals surface area contributed by atoms with Crippen LogP contribution < -0.4 is 5.32 Å². The first-order chi connectivity index (χ1) is 15.1. The summed E-state index contributed by atoms with van der Waals surface area (Å²) in [5.74, 6) is 0.479. The number of nitrogens with one attached hydrogen (secondary N) is 1. The molecule has 4 aromatic rings. The summed E-state index contributed by atoms with van der Waals surface area (Å²) in [6, 6.07) is 27.8. The molecule has 152 valence electrons. The van der Waals surface area contributed by atoms with Crippen molar-refractivity contribution in [3.63, 3.8) is 0 Å². The molecule has 0 spiro atoms. The highest BCUT2D eigenvalue weighted by Crippen LogP contribution is 2.27. The van der Waals surface area contributed by atoms with Gasteiger partial charge in [0, 0.05) is 28.8 Å². The summed E-state index contributed by atoms with van der Waals surface area (Å²) in [7, 11) is 0. The Hall–Kier alpha value is -3.62. The number of carbonyl (C=O) groups is 1. The van der Waals surface area contributed by atoms with Gasteiger partial charge in [-0.1, -0.05) is 66.2 Å². The van der Waals surface area contributed by atoms with E-state index in [1.807, 2.05) is 79.7 Å². The lowest BCUT2D eigenvalue weighted by Crippen LogP contribution is -2.12. The van der Waals surface area contributed by atoms with Crippen LogP contribution in [0.1, 0.15) is 17.5 Å². The molecule has 0 saturated carbocycles. The minimum atomic E-state index is -0.0583. The van der Waals surface area contributed by atoms with Crippen LogP contribution in [0.5, 0.6) is 0 Å². The zero-order chi connectivity index (χ0) is 21.6. The van der Waals surface area contributed by atoms with E-state index in [0.29, 0.717) is 22.8 Å². The van der Waals surface area contributed by atoms with Gasteiger partial charge >= 0.3 is 0 Å².